The quantitative estimate of drug-likeness (QED) is 0.747. The molecule has 0 saturated carbocycles. The molecule has 1 unspecified atom stereocenters. The Morgan fingerprint density at radius 3 is 2.71 bits per heavy atom. The first-order valence-electron chi connectivity index (χ1n) is 5.82. The third-order valence-corrected chi connectivity index (χ3v) is 2.67. The van der Waals surface area contributed by atoms with Crippen molar-refractivity contribution >= 4 is 0 Å². The number of unbranched alkanes of at least 4 members (excludes halogenated alkanes) is 1. The van der Waals surface area contributed by atoms with Gasteiger partial charge in [0.2, 0.25) is 0 Å². The summed E-state index contributed by atoms with van der Waals surface area (Å²) < 4.78 is 31.0. The van der Waals surface area contributed by atoms with Crippen molar-refractivity contribution in [3.05, 3.63) is 35.4 Å². The van der Waals surface area contributed by atoms with Gasteiger partial charge in [-0.2, -0.15) is 0 Å². The minimum absolute atomic E-state index is 0.0909. The predicted octanol–water partition coefficient (Wildman–Crippen LogP) is 2.65. The van der Waals surface area contributed by atoms with Gasteiger partial charge in [0.25, 0.3) is 0 Å². The van der Waals surface area contributed by atoms with Crippen molar-refractivity contribution in [2.75, 3.05) is 13.7 Å². The molecule has 0 aliphatic heterocycles. The van der Waals surface area contributed by atoms with Gasteiger partial charge in [-0.3, -0.25) is 0 Å². The third kappa shape index (κ3) is 5.24. The zero-order chi connectivity index (χ0) is 12.7. The summed E-state index contributed by atoms with van der Waals surface area (Å²) in [5.41, 5.74) is 6.37. The molecular formula is C13H19F2NO. The fourth-order valence-electron chi connectivity index (χ4n) is 1.72. The lowest BCUT2D eigenvalue weighted by atomic mass is 10.0. The number of benzene rings is 1. The van der Waals surface area contributed by atoms with Crippen molar-refractivity contribution in [2.45, 2.75) is 31.7 Å². The van der Waals surface area contributed by atoms with Gasteiger partial charge in [0.1, 0.15) is 11.6 Å². The van der Waals surface area contributed by atoms with E-state index in [0.29, 0.717) is 12.0 Å². The Labute approximate surface area is 101 Å². The summed E-state index contributed by atoms with van der Waals surface area (Å²) in [6.07, 6.45) is 3.17. The van der Waals surface area contributed by atoms with E-state index in [0.717, 1.165) is 31.9 Å². The Hall–Kier alpha value is -1.00. The molecule has 0 aromatic heterocycles. The van der Waals surface area contributed by atoms with Crippen molar-refractivity contribution in [1.82, 2.24) is 0 Å². The molecule has 0 aliphatic carbocycles. The van der Waals surface area contributed by atoms with Gasteiger partial charge in [-0.05, 0) is 37.3 Å². The van der Waals surface area contributed by atoms with E-state index in [2.05, 4.69) is 0 Å². The summed E-state index contributed by atoms with van der Waals surface area (Å²) in [6, 6.07) is 3.52. The number of hydrogen-bond acceptors (Lipinski definition) is 2. The summed E-state index contributed by atoms with van der Waals surface area (Å²) >= 11 is 0. The SMILES string of the molecule is COCCCCC(N)Cc1ccc(F)cc1F. The van der Waals surface area contributed by atoms with Gasteiger partial charge in [-0.25, -0.2) is 8.78 Å². The average molecular weight is 243 g/mol. The highest BCUT2D eigenvalue weighted by Gasteiger charge is 2.09. The van der Waals surface area contributed by atoms with Crippen LogP contribution in [0.3, 0.4) is 0 Å². The molecule has 17 heavy (non-hydrogen) atoms. The molecule has 0 heterocycles. The van der Waals surface area contributed by atoms with Crippen LogP contribution < -0.4 is 5.73 Å². The summed E-state index contributed by atoms with van der Waals surface area (Å²) in [4.78, 5) is 0. The second-order valence-corrected chi connectivity index (χ2v) is 4.19. The fourth-order valence-corrected chi connectivity index (χ4v) is 1.72. The van der Waals surface area contributed by atoms with Crippen molar-refractivity contribution in [3.8, 4) is 0 Å². The van der Waals surface area contributed by atoms with Gasteiger partial charge < -0.3 is 10.5 Å². The molecule has 1 atom stereocenters. The smallest absolute Gasteiger partial charge is 0.129 e. The van der Waals surface area contributed by atoms with E-state index in [1.807, 2.05) is 0 Å². The van der Waals surface area contributed by atoms with Crippen molar-refractivity contribution in [2.24, 2.45) is 5.73 Å². The molecule has 0 fully saturated rings. The lowest BCUT2D eigenvalue weighted by molar-refractivity contribution is 0.191. The molecular weight excluding hydrogens is 224 g/mol. The molecule has 0 radical (unpaired) electrons. The van der Waals surface area contributed by atoms with Crippen LogP contribution >= 0.6 is 0 Å². The first kappa shape index (κ1) is 14.1. The first-order chi connectivity index (χ1) is 8.13. The van der Waals surface area contributed by atoms with E-state index in [4.69, 9.17) is 10.5 Å². The second kappa shape index (κ2) is 7.35. The summed E-state index contributed by atoms with van der Waals surface area (Å²) in [6.45, 7) is 0.720. The molecule has 0 saturated heterocycles. The van der Waals surface area contributed by atoms with Crippen LogP contribution in [0.5, 0.6) is 0 Å². The molecule has 1 rings (SSSR count). The maximum atomic E-state index is 13.3. The maximum absolute atomic E-state index is 13.3. The molecule has 4 heteroatoms. The molecule has 1 aromatic carbocycles. The summed E-state index contributed by atoms with van der Waals surface area (Å²) in [5.74, 6) is -1.07. The van der Waals surface area contributed by atoms with Crippen LogP contribution in [0.1, 0.15) is 24.8 Å². The van der Waals surface area contributed by atoms with Crippen LogP contribution in [-0.4, -0.2) is 19.8 Å². The van der Waals surface area contributed by atoms with Crippen LogP contribution in [0.2, 0.25) is 0 Å². The Kier molecular flexibility index (Phi) is 6.08. The molecule has 2 nitrogen and oxygen atoms in total. The number of methoxy groups -OCH3 is 1. The number of rotatable bonds is 7. The molecule has 0 spiro atoms. The number of nitrogens with two attached hydrogens (primary N) is 1. The first-order valence-corrected chi connectivity index (χ1v) is 5.82. The number of ether oxygens (including phenoxy) is 1. The standard InChI is InChI=1S/C13H19F2NO/c1-17-7-3-2-4-12(16)8-10-5-6-11(14)9-13(10)15/h5-6,9,12H,2-4,7-8,16H2,1H3. The maximum Gasteiger partial charge on any atom is 0.129 e. The zero-order valence-electron chi connectivity index (χ0n) is 10.1. The van der Waals surface area contributed by atoms with Gasteiger partial charge in [0.15, 0.2) is 0 Å². The van der Waals surface area contributed by atoms with Gasteiger partial charge in [0.05, 0.1) is 0 Å². The van der Waals surface area contributed by atoms with Gasteiger partial charge in [-0.15, -0.1) is 0 Å². The Morgan fingerprint density at radius 1 is 1.29 bits per heavy atom. The van der Waals surface area contributed by atoms with Crippen LogP contribution in [0.4, 0.5) is 8.78 Å². The van der Waals surface area contributed by atoms with Crippen molar-refractivity contribution < 1.29 is 13.5 Å². The Morgan fingerprint density at radius 2 is 2.06 bits per heavy atom. The molecule has 1 aromatic rings. The highest BCUT2D eigenvalue weighted by molar-refractivity contribution is 5.19. The molecule has 2 N–H and O–H groups in total. The average Bonchev–Trinajstić information content (AvgIpc) is 2.28. The van der Waals surface area contributed by atoms with E-state index in [9.17, 15) is 8.78 Å². The van der Waals surface area contributed by atoms with Gasteiger partial charge in [0, 0.05) is 25.8 Å². The van der Waals surface area contributed by atoms with E-state index in [1.165, 1.54) is 12.1 Å². The largest absolute Gasteiger partial charge is 0.385 e. The number of hydrogen-bond donors (Lipinski definition) is 1. The van der Waals surface area contributed by atoms with E-state index < -0.39 is 11.6 Å². The Balaban J connectivity index is 2.37. The molecule has 96 valence electrons. The van der Waals surface area contributed by atoms with Crippen LogP contribution in [0.15, 0.2) is 18.2 Å². The van der Waals surface area contributed by atoms with E-state index >= 15 is 0 Å². The second-order valence-electron chi connectivity index (χ2n) is 4.19. The topological polar surface area (TPSA) is 35.2 Å². The zero-order valence-corrected chi connectivity index (χ0v) is 10.1. The lowest BCUT2D eigenvalue weighted by Crippen LogP contribution is -2.23. The third-order valence-electron chi connectivity index (χ3n) is 2.67. The molecule has 0 aliphatic rings. The normalized spacial score (nSPS) is 12.7. The van der Waals surface area contributed by atoms with E-state index in [-0.39, 0.29) is 6.04 Å². The van der Waals surface area contributed by atoms with Crippen LogP contribution in [0.25, 0.3) is 0 Å². The highest BCUT2D eigenvalue weighted by atomic mass is 19.1. The minimum Gasteiger partial charge on any atom is -0.385 e. The van der Waals surface area contributed by atoms with Crippen molar-refractivity contribution in [3.63, 3.8) is 0 Å². The molecule has 0 amide bonds. The molecule has 0 bridgehead atoms. The monoisotopic (exact) mass is 243 g/mol. The van der Waals surface area contributed by atoms with Gasteiger partial charge >= 0.3 is 0 Å². The van der Waals surface area contributed by atoms with Crippen molar-refractivity contribution in [1.29, 1.82) is 0 Å². The fraction of sp³-hybridized carbons (Fsp3) is 0.538. The summed E-state index contributed by atoms with van der Waals surface area (Å²) in [5, 5.41) is 0. The minimum atomic E-state index is -0.556. The van der Waals surface area contributed by atoms with E-state index in [1.54, 1.807) is 7.11 Å². The highest BCUT2D eigenvalue weighted by Crippen LogP contribution is 2.13. The number of halogens is 2. The predicted molar refractivity (Wildman–Crippen MR) is 63.8 cm³/mol. The Bertz CT molecular complexity index is 344. The summed E-state index contributed by atoms with van der Waals surface area (Å²) in [7, 11) is 1.66. The van der Waals surface area contributed by atoms with Crippen LogP contribution in [0, 0.1) is 11.6 Å². The lowest BCUT2D eigenvalue weighted by Gasteiger charge is -2.12. The van der Waals surface area contributed by atoms with Crippen LogP contribution in [-0.2, 0) is 11.2 Å². The van der Waals surface area contributed by atoms with Gasteiger partial charge in [-0.1, -0.05) is 6.07 Å².